The molecule has 0 N–H and O–H groups in total. The minimum Gasteiger partial charge on any atom is -0.463 e. The Bertz CT molecular complexity index is 472. The third-order valence-corrected chi connectivity index (χ3v) is 4.05. The quantitative estimate of drug-likeness (QED) is 0.841. The molecule has 0 amide bonds. The molecular weight excluding hydrogens is 278 g/mol. The molecule has 0 spiro atoms. The minimum absolute atomic E-state index is 0.204. The maximum Gasteiger partial charge on any atom is 0.322 e. The van der Waals surface area contributed by atoms with Crippen molar-refractivity contribution in [3.63, 3.8) is 0 Å². The number of hydrogen-bond donors (Lipinski definition) is 0. The van der Waals surface area contributed by atoms with Gasteiger partial charge in [0.1, 0.15) is 0 Å². The van der Waals surface area contributed by atoms with E-state index >= 15 is 0 Å². The first-order valence-electron chi connectivity index (χ1n) is 7.29. The summed E-state index contributed by atoms with van der Waals surface area (Å²) in [5.41, 5.74) is 0. The lowest BCUT2D eigenvalue weighted by Gasteiger charge is -2.37. The van der Waals surface area contributed by atoms with Crippen LogP contribution < -0.4 is 9.64 Å². The fraction of sp³-hybridized carbons (Fsp3) is 0.769. The van der Waals surface area contributed by atoms with E-state index in [4.69, 9.17) is 16.3 Å². The van der Waals surface area contributed by atoms with E-state index in [-0.39, 0.29) is 5.28 Å². The molecule has 1 aromatic heterocycles. The number of anilines is 1. The van der Waals surface area contributed by atoms with Crippen LogP contribution in [0.25, 0.3) is 0 Å². The third kappa shape index (κ3) is 2.96. The van der Waals surface area contributed by atoms with E-state index in [2.05, 4.69) is 24.8 Å². The predicted octanol–water partition coefficient (Wildman–Crippen LogP) is 1.60. The van der Waals surface area contributed by atoms with Gasteiger partial charge in [0.2, 0.25) is 11.2 Å². The lowest BCUT2D eigenvalue weighted by atomic mass is 10.2. The van der Waals surface area contributed by atoms with Crippen molar-refractivity contribution in [3.8, 4) is 6.01 Å². The number of ether oxygens (including phenoxy) is 1. The lowest BCUT2D eigenvalue weighted by Crippen LogP contribution is -2.50. The van der Waals surface area contributed by atoms with Crippen LogP contribution in [0.1, 0.15) is 26.2 Å². The van der Waals surface area contributed by atoms with E-state index in [1.165, 1.54) is 19.4 Å². The van der Waals surface area contributed by atoms with Crippen LogP contribution in [0.3, 0.4) is 0 Å². The summed E-state index contributed by atoms with van der Waals surface area (Å²) in [6.07, 6.45) is 3.47. The SMILES string of the molecule is CCCOc1nc(Cl)nc(N2CCN3CCCC3C2)n1. The second-order valence-corrected chi connectivity index (χ2v) is 5.65. The summed E-state index contributed by atoms with van der Waals surface area (Å²) in [6, 6.07) is 0.954. The Balaban J connectivity index is 1.74. The fourth-order valence-electron chi connectivity index (χ4n) is 2.89. The summed E-state index contributed by atoms with van der Waals surface area (Å²) in [6.45, 7) is 6.83. The molecule has 20 heavy (non-hydrogen) atoms. The molecule has 2 aliphatic rings. The minimum atomic E-state index is 0.204. The molecule has 2 saturated heterocycles. The second-order valence-electron chi connectivity index (χ2n) is 5.31. The van der Waals surface area contributed by atoms with Gasteiger partial charge in [-0.25, -0.2) is 0 Å². The van der Waals surface area contributed by atoms with Crippen LogP contribution in [0.2, 0.25) is 5.28 Å². The molecule has 3 rings (SSSR count). The van der Waals surface area contributed by atoms with Crippen molar-refractivity contribution in [2.45, 2.75) is 32.2 Å². The zero-order chi connectivity index (χ0) is 13.9. The van der Waals surface area contributed by atoms with Crippen LogP contribution in [-0.4, -0.2) is 58.7 Å². The van der Waals surface area contributed by atoms with Gasteiger partial charge in [-0.3, -0.25) is 4.90 Å². The highest BCUT2D eigenvalue weighted by molar-refractivity contribution is 6.28. The molecule has 6 nitrogen and oxygen atoms in total. The average molecular weight is 298 g/mol. The first kappa shape index (κ1) is 13.8. The molecule has 3 heterocycles. The number of nitrogens with zero attached hydrogens (tertiary/aromatic N) is 5. The van der Waals surface area contributed by atoms with Gasteiger partial charge in [-0.2, -0.15) is 15.0 Å². The molecule has 2 fully saturated rings. The van der Waals surface area contributed by atoms with Gasteiger partial charge in [0.15, 0.2) is 0 Å². The lowest BCUT2D eigenvalue weighted by molar-refractivity contribution is 0.229. The Kier molecular flexibility index (Phi) is 4.21. The largest absolute Gasteiger partial charge is 0.463 e. The predicted molar refractivity (Wildman–Crippen MR) is 77.4 cm³/mol. The highest BCUT2D eigenvalue weighted by Crippen LogP contribution is 2.24. The van der Waals surface area contributed by atoms with Gasteiger partial charge in [-0.1, -0.05) is 6.92 Å². The molecule has 0 saturated carbocycles. The van der Waals surface area contributed by atoms with Crippen LogP contribution in [-0.2, 0) is 0 Å². The molecule has 0 bridgehead atoms. The van der Waals surface area contributed by atoms with Crippen LogP contribution in [0.5, 0.6) is 6.01 Å². The van der Waals surface area contributed by atoms with Crippen molar-refractivity contribution in [3.05, 3.63) is 5.28 Å². The van der Waals surface area contributed by atoms with E-state index in [0.717, 1.165) is 26.1 Å². The summed E-state index contributed by atoms with van der Waals surface area (Å²) in [4.78, 5) is 17.4. The van der Waals surface area contributed by atoms with Crippen LogP contribution in [0.15, 0.2) is 0 Å². The van der Waals surface area contributed by atoms with Crippen molar-refractivity contribution in [1.82, 2.24) is 19.9 Å². The van der Waals surface area contributed by atoms with E-state index in [0.29, 0.717) is 24.6 Å². The van der Waals surface area contributed by atoms with E-state index in [1.54, 1.807) is 0 Å². The number of fused-ring (bicyclic) bond motifs is 1. The maximum absolute atomic E-state index is 5.98. The summed E-state index contributed by atoms with van der Waals surface area (Å²) in [5.74, 6) is 0.641. The fourth-order valence-corrected chi connectivity index (χ4v) is 3.04. The Morgan fingerprint density at radius 2 is 2.15 bits per heavy atom. The Morgan fingerprint density at radius 1 is 1.25 bits per heavy atom. The Hall–Kier alpha value is -1.14. The first-order valence-corrected chi connectivity index (χ1v) is 7.67. The van der Waals surface area contributed by atoms with Crippen molar-refractivity contribution in [2.24, 2.45) is 0 Å². The Labute approximate surface area is 124 Å². The smallest absolute Gasteiger partial charge is 0.322 e. The van der Waals surface area contributed by atoms with Gasteiger partial charge in [-0.15, -0.1) is 0 Å². The zero-order valence-corrected chi connectivity index (χ0v) is 12.5. The first-order chi connectivity index (χ1) is 9.76. The highest BCUT2D eigenvalue weighted by atomic mass is 35.5. The van der Waals surface area contributed by atoms with Crippen LogP contribution >= 0.6 is 11.6 Å². The molecule has 1 aromatic rings. The maximum atomic E-state index is 5.98. The summed E-state index contributed by atoms with van der Waals surface area (Å²) < 4.78 is 5.47. The molecule has 0 aromatic carbocycles. The monoisotopic (exact) mass is 297 g/mol. The number of aromatic nitrogens is 3. The van der Waals surface area contributed by atoms with Crippen LogP contribution in [0, 0.1) is 0 Å². The van der Waals surface area contributed by atoms with Gasteiger partial charge in [0.05, 0.1) is 6.61 Å². The zero-order valence-electron chi connectivity index (χ0n) is 11.8. The third-order valence-electron chi connectivity index (χ3n) is 3.88. The number of rotatable bonds is 4. The Morgan fingerprint density at radius 3 is 3.00 bits per heavy atom. The molecule has 1 atom stereocenters. The number of piperazine rings is 1. The topological polar surface area (TPSA) is 54.4 Å². The van der Waals surface area contributed by atoms with Crippen molar-refractivity contribution < 1.29 is 4.74 Å². The molecule has 1 unspecified atom stereocenters. The standard InChI is InChI=1S/C13H20ClN5O/c1-2-8-20-13-16-11(14)15-12(17-13)19-7-6-18-5-3-4-10(18)9-19/h10H,2-9H2,1H3. The van der Waals surface area contributed by atoms with E-state index < -0.39 is 0 Å². The summed E-state index contributed by atoms with van der Waals surface area (Å²) in [5, 5.41) is 0.204. The average Bonchev–Trinajstić information content (AvgIpc) is 2.92. The van der Waals surface area contributed by atoms with Gasteiger partial charge < -0.3 is 9.64 Å². The second kappa shape index (κ2) is 6.10. The van der Waals surface area contributed by atoms with Gasteiger partial charge in [-0.05, 0) is 37.4 Å². The van der Waals surface area contributed by atoms with Crippen molar-refractivity contribution in [1.29, 1.82) is 0 Å². The molecule has 0 radical (unpaired) electrons. The molecule has 110 valence electrons. The normalized spacial score (nSPS) is 22.9. The molecule has 7 heteroatoms. The summed E-state index contributed by atoms with van der Waals surface area (Å²) >= 11 is 5.98. The highest BCUT2D eigenvalue weighted by Gasteiger charge is 2.31. The molecule has 0 aliphatic carbocycles. The van der Waals surface area contributed by atoms with E-state index in [9.17, 15) is 0 Å². The van der Waals surface area contributed by atoms with Crippen LogP contribution in [0.4, 0.5) is 5.95 Å². The molecular formula is C13H20ClN5O. The van der Waals surface area contributed by atoms with Crippen molar-refractivity contribution >= 4 is 17.5 Å². The number of hydrogen-bond acceptors (Lipinski definition) is 6. The van der Waals surface area contributed by atoms with Gasteiger partial charge in [0, 0.05) is 25.7 Å². The molecule has 2 aliphatic heterocycles. The van der Waals surface area contributed by atoms with Crippen molar-refractivity contribution in [2.75, 3.05) is 37.7 Å². The summed E-state index contributed by atoms with van der Waals surface area (Å²) in [7, 11) is 0. The van der Waals surface area contributed by atoms with Gasteiger partial charge in [0.25, 0.3) is 0 Å². The number of halogens is 1. The van der Waals surface area contributed by atoms with E-state index in [1.807, 2.05) is 6.92 Å². The van der Waals surface area contributed by atoms with Gasteiger partial charge >= 0.3 is 6.01 Å².